The number of aromatic nitrogens is 1. The molecule has 0 radical (unpaired) electrons. The van der Waals surface area contributed by atoms with Crippen molar-refractivity contribution < 1.29 is 26.9 Å². The summed E-state index contributed by atoms with van der Waals surface area (Å²) < 4.78 is 35.0. The van der Waals surface area contributed by atoms with Crippen LogP contribution in [-0.4, -0.2) is 31.8 Å². The van der Waals surface area contributed by atoms with E-state index in [1.165, 1.54) is 36.4 Å². The number of fused-ring (bicyclic) bond motifs is 1. The highest BCUT2D eigenvalue weighted by molar-refractivity contribution is 7.87. The lowest BCUT2D eigenvalue weighted by molar-refractivity contribution is 0.0476. The van der Waals surface area contributed by atoms with Gasteiger partial charge >= 0.3 is 16.1 Å². The lowest BCUT2D eigenvalue weighted by Crippen LogP contribution is -2.17. The van der Waals surface area contributed by atoms with Crippen LogP contribution in [0.25, 0.3) is 10.9 Å². The molecule has 4 rings (SSSR count). The van der Waals surface area contributed by atoms with Gasteiger partial charge in [0.25, 0.3) is 0 Å². The minimum Gasteiger partial charge on any atom is -0.454 e. The Balaban J connectivity index is 1.42. The molecule has 1 aromatic heterocycles. The molecule has 3 aromatic carbocycles. The van der Waals surface area contributed by atoms with Gasteiger partial charge in [-0.3, -0.25) is 9.59 Å². The molecule has 8 nitrogen and oxygen atoms in total. The molecule has 0 atom stereocenters. The standard InChI is InChI=1S/C25H19NO7S/c1-16-6-12-19(13-7-16)34(30,31)33-18-10-8-17(9-11-18)23(27)15-32-25(29)21-14-24(28)26-22-5-3-2-4-20(21)22/h2-14H,15H2,1H3,(H,26,28). The number of para-hydroxylation sites is 1. The summed E-state index contributed by atoms with van der Waals surface area (Å²) in [6.45, 7) is 1.29. The number of ketones is 1. The van der Waals surface area contributed by atoms with Gasteiger partial charge in [-0.05, 0) is 49.4 Å². The van der Waals surface area contributed by atoms with E-state index in [-0.39, 0.29) is 21.8 Å². The summed E-state index contributed by atoms with van der Waals surface area (Å²) in [4.78, 5) is 39.4. The number of carbonyl (C=O) groups is 2. The van der Waals surface area contributed by atoms with Crippen LogP contribution >= 0.6 is 0 Å². The van der Waals surface area contributed by atoms with Crippen molar-refractivity contribution in [3.63, 3.8) is 0 Å². The predicted octanol–water partition coefficient (Wildman–Crippen LogP) is 3.64. The van der Waals surface area contributed by atoms with Crippen molar-refractivity contribution in [3.05, 3.63) is 106 Å². The summed E-state index contributed by atoms with van der Waals surface area (Å²) in [6, 6.07) is 19.5. The third-order valence-electron chi connectivity index (χ3n) is 5.00. The second-order valence-corrected chi connectivity index (χ2v) is 9.01. The SMILES string of the molecule is Cc1ccc(S(=O)(=O)Oc2ccc(C(=O)COC(=O)c3cc(=O)[nH]c4ccccc34)cc2)cc1. The van der Waals surface area contributed by atoms with Gasteiger partial charge in [0.15, 0.2) is 12.4 Å². The first-order valence-corrected chi connectivity index (χ1v) is 11.6. The van der Waals surface area contributed by atoms with E-state index in [9.17, 15) is 22.8 Å². The van der Waals surface area contributed by atoms with Gasteiger partial charge < -0.3 is 13.9 Å². The first-order valence-electron chi connectivity index (χ1n) is 10.2. The zero-order valence-electron chi connectivity index (χ0n) is 18.0. The first-order chi connectivity index (χ1) is 16.2. The summed E-state index contributed by atoms with van der Waals surface area (Å²) in [5, 5.41) is 0.496. The fourth-order valence-electron chi connectivity index (χ4n) is 3.24. The average Bonchev–Trinajstić information content (AvgIpc) is 2.82. The van der Waals surface area contributed by atoms with Crippen molar-refractivity contribution >= 4 is 32.8 Å². The Hall–Kier alpha value is -4.24. The molecular weight excluding hydrogens is 458 g/mol. The van der Waals surface area contributed by atoms with Crippen molar-refractivity contribution in [3.8, 4) is 5.75 Å². The number of pyridine rings is 1. The van der Waals surface area contributed by atoms with Crippen LogP contribution in [0.15, 0.2) is 88.6 Å². The van der Waals surface area contributed by atoms with Crippen molar-refractivity contribution in [2.24, 2.45) is 0 Å². The number of esters is 1. The Labute approximate surface area is 194 Å². The van der Waals surface area contributed by atoms with Gasteiger partial charge in [0.2, 0.25) is 5.56 Å². The van der Waals surface area contributed by atoms with E-state index in [0.717, 1.165) is 11.6 Å². The van der Waals surface area contributed by atoms with Crippen LogP contribution in [-0.2, 0) is 14.9 Å². The van der Waals surface area contributed by atoms with Crippen LogP contribution in [0.2, 0.25) is 0 Å². The molecule has 0 aliphatic carbocycles. The normalized spacial score (nSPS) is 11.2. The third-order valence-corrected chi connectivity index (χ3v) is 6.26. The number of hydrogen-bond acceptors (Lipinski definition) is 7. The number of benzene rings is 3. The molecule has 0 unspecified atom stereocenters. The van der Waals surface area contributed by atoms with Crippen LogP contribution in [0.4, 0.5) is 0 Å². The zero-order chi connectivity index (χ0) is 24.3. The number of Topliss-reactive ketones (excluding diaryl/α,β-unsaturated/α-hetero) is 1. The van der Waals surface area contributed by atoms with E-state index < -0.39 is 34.0 Å². The van der Waals surface area contributed by atoms with E-state index in [1.54, 1.807) is 36.4 Å². The van der Waals surface area contributed by atoms with Gasteiger partial charge in [0.05, 0.1) is 5.56 Å². The first kappa shape index (κ1) is 22.9. The fourth-order valence-corrected chi connectivity index (χ4v) is 4.17. The molecule has 9 heteroatoms. The highest BCUT2D eigenvalue weighted by Gasteiger charge is 2.18. The molecular formula is C25H19NO7S. The number of aryl methyl sites for hydroxylation is 1. The molecule has 1 N–H and O–H groups in total. The zero-order valence-corrected chi connectivity index (χ0v) is 18.8. The third kappa shape index (κ3) is 5.05. The molecule has 4 aromatic rings. The van der Waals surface area contributed by atoms with Gasteiger partial charge in [-0.1, -0.05) is 35.9 Å². The Bertz CT molecular complexity index is 1540. The number of hydrogen-bond donors (Lipinski definition) is 1. The van der Waals surface area contributed by atoms with Crippen molar-refractivity contribution in [2.75, 3.05) is 6.61 Å². The summed E-state index contributed by atoms with van der Waals surface area (Å²) in [7, 11) is -4.02. The molecule has 34 heavy (non-hydrogen) atoms. The number of carbonyl (C=O) groups excluding carboxylic acids is 2. The lowest BCUT2D eigenvalue weighted by Gasteiger charge is -2.09. The van der Waals surface area contributed by atoms with E-state index in [1.807, 2.05) is 6.92 Å². The smallest absolute Gasteiger partial charge is 0.339 e. The van der Waals surface area contributed by atoms with Crippen molar-refractivity contribution in [1.82, 2.24) is 4.98 Å². The topological polar surface area (TPSA) is 120 Å². The molecule has 172 valence electrons. The van der Waals surface area contributed by atoms with Crippen molar-refractivity contribution in [1.29, 1.82) is 0 Å². The van der Waals surface area contributed by atoms with Crippen LogP contribution < -0.4 is 9.74 Å². The van der Waals surface area contributed by atoms with Gasteiger partial charge in [-0.2, -0.15) is 8.42 Å². The molecule has 0 amide bonds. The Morgan fingerprint density at radius 3 is 2.29 bits per heavy atom. The maximum atomic E-state index is 12.5. The highest BCUT2D eigenvalue weighted by atomic mass is 32.2. The molecule has 0 saturated heterocycles. The Kier molecular flexibility index (Phi) is 6.29. The summed E-state index contributed by atoms with van der Waals surface area (Å²) in [5.41, 5.74) is 1.17. The minimum absolute atomic E-state index is 0.0115. The van der Waals surface area contributed by atoms with Crippen LogP contribution in [0.5, 0.6) is 5.75 Å². The largest absolute Gasteiger partial charge is 0.454 e. The van der Waals surface area contributed by atoms with Crippen LogP contribution in [0.3, 0.4) is 0 Å². The second kappa shape index (κ2) is 9.32. The number of aromatic amines is 1. The number of ether oxygens (including phenoxy) is 1. The van der Waals surface area contributed by atoms with E-state index in [4.69, 9.17) is 8.92 Å². The fraction of sp³-hybridized carbons (Fsp3) is 0.0800. The van der Waals surface area contributed by atoms with Crippen LogP contribution in [0, 0.1) is 6.92 Å². The number of nitrogens with one attached hydrogen (secondary N) is 1. The van der Waals surface area contributed by atoms with E-state index >= 15 is 0 Å². The Morgan fingerprint density at radius 2 is 1.59 bits per heavy atom. The maximum absolute atomic E-state index is 12.5. The predicted molar refractivity (Wildman–Crippen MR) is 125 cm³/mol. The molecule has 0 saturated carbocycles. The number of rotatable bonds is 7. The summed E-state index contributed by atoms with van der Waals surface area (Å²) in [6.07, 6.45) is 0. The van der Waals surface area contributed by atoms with Crippen LogP contribution in [0.1, 0.15) is 26.3 Å². The molecule has 0 aliphatic rings. The molecule has 0 aliphatic heterocycles. The quantitative estimate of drug-likeness (QED) is 0.245. The van der Waals surface area contributed by atoms with Gasteiger partial charge in [0.1, 0.15) is 10.6 Å². The van der Waals surface area contributed by atoms with Gasteiger partial charge in [0, 0.05) is 22.5 Å². The minimum atomic E-state index is -4.02. The second-order valence-electron chi connectivity index (χ2n) is 7.47. The van der Waals surface area contributed by atoms with Crippen molar-refractivity contribution in [2.45, 2.75) is 11.8 Å². The Morgan fingerprint density at radius 1 is 0.912 bits per heavy atom. The summed E-state index contributed by atoms with van der Waals surface area (Å²) in [5.74, 6) is -1.28. The highest BCUT2D eigenvalue weighted by Crippen LogP contribution is 2.20. The molecule has 0 bridgehead atoms. The molecule has 0 fully saturated rings. The van der Waals surface area contributed by atoms with E-state index in [0.29, 0.717) is 10.9 Å². The monoisotopic (exact) mass is 477 g/mol. The van der Waals surface area contributed by atoms with Gasteiger partial charge in [-0.15, -0.1) is 0 Å². The van der Waals surface area contributed by atoms with Gasteiger partial charge in [-0.25, -0.2) is 4.79 Å². The lowest BCUT2D eigenvalue weighted by atomic mass is 10.1. The summed E-state index contributed by atoms with van der Waals surface area (Å²) >= 11 is 0. The number of H-pyrrole nitrogens is 1. The van der Waals surface area contributed by atoms with E-state index in [2.05, 4.69) is 4.98 Å². The molecule has 0 spiro atoms. The maximum Gasteiger partial charge on any atom is 0.339 e. The average molecular weight is 477 g/mol. The molecule has 1 heterocycles.